The van der Waals surface area contributed by atoms with Crippen LogP contribution in [0.1, 0.15) is 47.3 Å². The third-order valence-electron chi connectivity index (χ3n) is 7.30. The Kier molecular flexibility index (Phi) is 8.60. The molecule has 0 spiro atoms. The summed E-state index contributed by atoms with van der Waals surface area (Å²) in [5.41, 5.74) is 2.97. The third-order valence-corrected chi connectivity index (χ3v) is 7.58. The monoisotopic (exact) mass is 565 g/mol. The number of fused-ring (bicyclic) bond motifs is 1. The molecule has 1 saturated heterocycles. The Morgan fingerprint density at radius 3 is 2.65 bits per heavy atom. The molecule has 3 unspecified atom stereocenters. The number of nitrogens with one attached hydrogen (secondary N) is 2. The summed E-state index contributed by atoms with van der Waals surface area (Å²) in [4.78, 5) is 37.0. The fourth-order valence-electron chi connectivity index (χ4n) is 5.10. The number of anilines is 1. The number of ether oxygens (including phenoxy) is 1. The standard InChI is InChI=1S/C29H32ClN5O5/c1-17(37)25(18-5-3-2-4-6-18)33-27(38)24(16-36)35-15-20-8-7-19(13-22(20)28(35)39)26-23(30)14-31-29(34-26)32-21-9-11-40-12-10-21/h2-8,13-14,17,21,24-25,36-37H,9-12,15-16H2,1H3,(H,33,38)(H,31,32,34). The highest BCUT2D eigenvalue weighted by Gasteiger charge is 2.37. The molecule has 4 N–H and O–H groups in total. The van der Waals surface area contributed by atoms with Crippen LogP contribution in [-0.4, -0.2) is 74.9 Å². The SMILES string of the molecule is CC(O)C(NC(=O)C(CO)N1Cc2ccc(-c3nc(NC4CCOCC4)ncc3Cl)cc2C1=O)c1ccccc1. The number of hydrogen-bond acceptors (Lipinski definition) is 8. The van der Waals surface area contributed by atoms with Gasteiger partial charge >= 0.3 is 0 Å². The lowest BCUT2D eigenvalue weighted by Crippen LogP contribution is -2.51. The van der Waals surface area contributed by atoms with Gasteiger partial charge in [0.25, 0.3) is 5.91 Å². The van der Waals surface area contributed by atoms with Crippen LogP contribution in [0.5, 0.6) is 0 Å². The molecule has 3 aromatic rings. The number of rotatable bonds is 9. The highest BCUT2D eigenvalue weighted by Crippen LogP contribution is 2.32. The van der Waals surface area contributed by atoms with Crippen molar-refractivity contribution < 1.29 is 24.5 Å². The number of benzene rings is 2. The summed E-state index contributed by atoms with van der Waals surface area (Å²) in [7, 11) is 0. The molecule has 0 bridgehead atoms. The number of carbonyl (C=O) groups is 2. The lowest BCUT2D eigenvalue weighted by Gasteiger charge is -2.29. The fourth-order valence-corrected chi connectivity index (χ4v) is 5.30. The van der Waals surface area contributed by atoms with E-state index in [-0.39, 0.29) is 18.5 Å². The summed E-state index contributed by atoms with van der Waals surface area (Å²) >= 11 is 6.45. The van der Waals surface area contributed by atoms with Crippen LogP contribution >= 0.6 is 11.6 Å². The topological polar surface area (TPSA) is 137 Å². The lowest BCUT2D eigenvalue weighted by atomic mass is 10.0. The molecular formula is C29H32ClN5O5. The number of aliphatic hydroxyl groups excluding tert-OH is 2. The molecule has 5 rings (SSSR count). The van der Waals surface area contributed by atoms with Crippen molar-refractivity contribution in [3.63, 3.8) is 0 Å². The molecule has 3 heterocycles. The Balaban J connectivity index is 1.34. The summed E-state index contributed by atoms with van der Waals surface area (Å²) in [6, 6.07) is 12.8. The number of amides is 2. The van der Waals surface area contributed by atoms with Crippen LogP contribution in [0, 0.1) is 0 Å². The first-order valence-electron chi connectivity index (χ1n) is 13.3. The molecule has 2 aromatic carbocycles. The van der Waals surface area contributed by atoms with E-state index in [1.165, 1.54) is 11.1 Å². The number of aromatic nitrogens is 2. The van der Waals surface area contributed by atoms with Gasteiger partial charge in [0.15, 0.2) is 0 Å². The Morgan fingerprint density at radius 2 is 1.95 bits per heavy atom. The first kappa shape index (κ1) is 28.0. The van der Waals surface area contributed by atoms with E-state index >= 15 is 0 Å². The van der Waals surface area contributed by atoms with Gasteiger partial charge in [-0.15, -0.1) is 0 Å². The van der Waals surface area contributed by atoms with E-state index in [1.54, 1.807) is 25.1 Å². The van der Waals surface area contributed by atoms with Crippen LogP contribution in [-0.2, 0) is 16.1 Å². The van der Waals surface area contributed by atoms with E-state index in [1.807, 2.05) is 30.3 Å². The molecule has 10 nitrogen and oxygen atoms in total. The van der Waals surface area contributed by atoms with Gasteiger partial charge in [0, 0.05) is 36.9 Å². The van der Waals surface area contributed by atoms with E-state index in [4.69, 9.17) is 16.3 Å². The molecule has 3 atom stereocenters. The second-order valence-electron chi connectivity index (χ2n) is 10.1. The van der Waals surface area contributed by atoms with Crippen molar-refractivity contribution in [3.05, 3.63) is 76.4 Å². The van der Waals surface area contributed by atoms with Crippen molar-refractivity contribution in [2.24, 2.45) is 0 Å². The van der Waals surface area contributed by atoms with E-state index in [9.17, 15) is 19.8 Å². The summed E-state index contributed by atoms with van der Waals surface area (Å²) in [5, 5.41) is 26.9. The average molecular weight is 566 g/mol. The molecule has 11 heteroatoms. The van der Waals surface area contributed by atoms with Gasteiger partial charge < -0.3 is 30.5 Å². The Labute approximate surface area is 237 Å². The highest BCUT2D eigenvalue weighted by atomic mass is 35.5. The number of halogens is 1. The van der Waals surface area contributed by atoms with Crippen molar-refractivity contribution >= 4 is 29.4 Å². The molecule has 0 aliphatic carbocycles. The zero-order valence-corrected chi connectivity index (χ0v) is 22.8. The Bertz CT molecular complexity index is 1370. The van der Waals surface area contributed by atoms with E-state index in [2.05, 4.69) is 20.6 Å². The second kappa shape index (κ2) is 12.3. The van der Waals surface area contributed by atoms with Gasteiger partial charge in [-0.2, -0.15) is 0 Å². The maximum Gasteiger partial charge on any atom is 0.255 e. The summed E-state index contributed by atoms with van der Waals surface area (Å²) < 4.78 is 5.41. The van der Waals surface area contributed by atoms with Crippen LogP contribution < -0.4 is 10.6 Å². The first-order valence-corrected chi connectivity index (χ1v) is 13.7. The zero-order chi connectivity index (χ0) is 28.2. The molecule has 40 heavy (non-hydrogen) atoms. The minimum absolute atomic E-state index is 0.159. The van der Waals surface area contributed by atoms with Crippen LogP contribution in [0.4, 0.5) is 5.95 Å². The van der Waals surface area contributed by atoms with E-state index < -0.39 is 30.7 Å². The maximum absolute atomic E-state index is 13.5. The van der Waals surface area contributed by atoms with Crippen LogP contribution in [0.15, 0.2) is 54.7 Å². The number of hydrogen-bond donors (Lipinski definition) is 4. The molecule has 210 valence electrons. The van der Waals surface area contributed by atoms with Crippen molar-refractivity contribution in [2.45, 2.75) is 50.5 Å². The Morgan fingerprint density at radius 1 is 1.20 bits per heavy atom. The normalized spacial score (nSPS) is 17.7. The van der Waals surface area contributed by atoms with Crippen LogP contribution in [0.25, 0.3) is 11.3 Å². The second-order valence-corrected chi connectivity index (χ2v) is 10.5. The molecule has 2 aliphatic heterocycles. The number of aliphatic hydroxyl groups is 2. The molecular weight excluding hydrogens is 534 g/mol. The van der Waals surface area contributed by atoms with Gasteiger partial charge in [-0.05, 0) is 37.0 Å². The van der Waals surface area contributed by atoms with Crippen molar-refractivity contribution in [3.8, 4) is 11.3 Å². The van der Waals surface area contributed by atoms with Crippen LogP contribution in [0.3, 0.4) is 0 Å². The molecule has 1 aromatic heterocycles. The smallest absolute Gasteiger partial charge is 0.255 e. The molecule has 2 amide bonds. The largest absolute Gasteiger partial charge is 0.394 e. The van der Waals surface area contributed by atoms with Gasteiger partial charge in [-0.1, -0.05) is 54.1 Å². The molecule has 0 radical (unpaired) electrons. The summed E-state index contributed by atoms with van der Waals surface area (Å²) in [5.74, 6) is -0.491. The summed E-state index contributed by atoms with van der Waals surface area (Å²) in [6.45, 7) is 2.53. The number of carbonyl (C=O) groups excluding carboxylic acids is 2. The zero-order valence-electron chi connectivity index (χ0n) is 22.1. The quantitative estimate of drug-likeness (QED) is 0.311. The van der Waals surface area contributed by atoms with Gasteiger partial charge in [0.2, 0.25) is 11.9 Å². The van der Waals surface area contributed by atoms with Gasteiger partial charge in [0.1, 0.15) is 6.04 Å². The highest BCUT2D eigenvalue weighted by molar-refractivity contribution is 6.33. The van der Waals surface area contributed by atoms with Gasteiger partial charge in [0.05, 0.1) is 35.7 Å². The predicted molar refractivity (Wildman–Crippen MR) is 150 cm³/mol. The predicted octanol–water partition coefficient (Wildman–Crippen LogP) is 2.94. The van der Waals surface area contributed by atoms with Gasteiger partial charge in [-0.3, -0.25) is 9.59 Å². The number of nitrogens with zero attached hydrogens (tertiary/aromatic N) is 3. The Hall–Kier alpha value is -3.57. The van der Waals surface area contributed by atoms with Crippen molar-refractivity contribution in [1.82, 2.24) is 20.2 Å². The summed E-state index contributed by atoms with van der Waals surface area (Å²) in [6.07, 6.45) is 2.36. The first-order chi connectivity index (χ1) is 19.4. The third kappa shape index (κ3) is 5.95. The minimum atomic E-state index is -1.13. The van der Waals surface area contributed by atoms with Crippen molar-refractivity contribution in [1.29, 1.82) is 0 Å². The van der Waals surface area contributed by atoms with E-state index in [0.717, 1.165) is 24.0 Å². The molecule has 1 fully saturated rings. The molecule has 0 saturated carbocycles. The van der Waals surface area contributed by atoms with Crippen molar-refractivity contribution in [2.75, 3.05) is 25.1 Å². The maximum atomic E-state index is 13.5. The lowest BCUT2D eigenvalue weighted by molar-refractivity contribution is -0.128. The molecule has 2 aliphatic rings. The van der Waals surface area contributed by atoms with Gasteiger partial charge in [-0.25, -0.2) is 9.97 Å². The minimum Gasteiger partial charge on any atom is -0.394 e. The fraction of sp³-hybridized carbons (Fsp3) is 0.379. The average Bonchev–Trinajstić information content (AvgIpc) is 3.29. The van der Waals surface area contributed by atoms with Crippen LogP contribution in [0.2, 0.25) is 5.02 Å². The van der Waals surface area contributed by atoms with E-state index in [0.29, 0.717) is 41.0 Å².